The highest BCUT2D eigenvalue weighted by molar-refractivity contribution is 5.82. The van der Waals surface area contributed by atoms with Crippen LogP contribution in [0.3, 0.4) is 0 Å². The van der Waals surface area contributed by atoms with Gasteiger partial charge in [0.05, 0.1) is 23.6 Å². The van der Waals surface area contributed by atoms with Gasteiger partial charge in [-0.1, -0.05) is 45.0 Å². The number of rotatable bonds is 6. The van der Waals surface area contributed by atoms with Crippen molar-refractivity contribution in [1.82, 2.24) is 14.9 Å². The number of benzene rings is 2. The highest BCUT2D eigenvalue weighted by atomic mass is 16.5. The summed E-state index contributed by atoms with van der Waals surface area (Å²) in [4.78, 5) is 17.3. The van der Waals surface area contributed by atoms with Gasteiger partial charge in [-0.3, -0.25) is 4.79 Å². The number of carbonyl (C=O) groups excluding carboxylic acids is 1. The number of aryl methyl sites for hydroxylation is 2. The standard InChI is InChI=1S/C24H31N3O2/c1-16-11-12-17(2)21(15-16)29-14-13-27-20-10-8-7-9-19(20)26-22(27)18(3)25-23(28)24(4,5)6/h7-12,15,18H,13-14H2,1-6H3,(H,25,28). The van der Waals surface area contributed by atoms with Crippen molar-refractivity contribution < 1.29 is 9.53 Å². The van der Waals surface area contributed by atoms with Crippen LogP contribution in [0, 0.1) is 19.3 Å². The number of fused-ring (bicyclic) bond motifs is 1. The van der Waals surface area contributed by atoms with Gasteiger partial charge < -0.3 is 14.6 Å². The Hall–Kier alpha value is -2.82. The van der Waals surface area contributed by atoms with Gasteiger partial charge in [-0.25, -0.2) is 4.98 Å². The van der Waals surface area contributed by atoms with Gasteiger partial charge in [0.1, 0.15) is 18.2 Å². The molecular weight excluding hydrogens is 362 g/mol. The van der Waals surface area contributed by atoms with Gasteiger partial charge in [-0.05, 0) is 50.1 Å². The summed E-state index contributed by atoms with van der Waals surface area (Å²) in [6.07, 6.45) is 0. The first-order valence-electron chi connectivity index (χ1n) is 10.1. The van der Waals surface area contributed by atoms with E-state index in [4.69, 9.17) is 9.72 Å². The van der Waals surface area contributed by atoms with Crippen molar-refractivity contribution in [2.75, 3.05) is 6.61 Å². The van der Waals surface area contributed by atoms with Crippen LogP contribution in [0.15, 0.2) is 42.5 Å². The molecule has 154 valence electrons. The van der Waals surface area contributed by atoms with Gasteiger partial charge in [0, 0.05) is 5.41 Å². The molecule has 5 nitrogen and oxygen atoms in total. The Morgan fingerprint density at radius 1 is 1.17 bits per heavy atom. The molecule has 29 heavy (non-hydrogen) atoms. The molecule has 1 heterocycles. The summed E-state index contributed by atoms with van der Waals surface area (Å²) in [7, 11) is 0. The maximum atomic E-state index is 12.5. The molecule has 2 aromatic carbocycles. The maximum absolute atomic E-state index is 12.5. The maximum Gasteiger partial charge on any atom is 0.225 e. The molecule has 3 rings (SSSR count). The lowest BCUT2D eigenvalue weighted by molar-refractivity contribution is -0.129. The number of carbonyl (C=O) groups is 1. The van der Waals surface area contributed by atoms with Crippen molar-refractivity contribution >= 4 is 16.9 Å². The number of aromatic nitrogens is 2. The predicted molar refractivity (Wildman–Crippen MR) is 117 cm³/mol. The molecular formula is C24H31N3O2. The monoisotopic (exact) mass is 393 g/mol. The topological polar surface area (TPSA) is 56.1 Å². The van der Waals surface area contributed by atoms with Crippen molar-refractivity contribution in [1.29, 1.82) is 0 Å². The van der Waals surface area contributed by atoms with E-state index in [1.807, 2.05) is 45.9 Å². The van der Waals surface area contributed by atoms with E-state index < -0.39 is 5.41 Å². The van der Waals surface area contributed by atoms with Crippen molar-refractivity contribution in [3.05, 3.63) is 59.4 Å². The van der Waals surface area contributed by atoms with Crippen LogP contribution >= 0.6 is 0 Å². The largest absolute Gasteiger partial charge is 0.491 e. The van der Waals surface area contributed by atoms with E-state index in [1.165, 1.54) is 5.56 Å². The number of nitrogens with zero attached hydrogens (tertiary/aromatic N) is 2. The minimum atomic E-state index is -0.448. The number of hydrogen-bond acceptors (Lipinski definition) is 3. The Morgan fingerprint density at radius 2 is 1.90 bits per heavy atom. The fourth-order valence-corrected chi connectivity index (χ4v) is 3.25. The minimum absolute atomic E-state index is 0.00948. The summed E-state index contributed by atoms with van der Waals surface area (Å²) in [5, 5.41) is 3.10. The average Bonchev–Trinajstić information content (AvgIpc) is 3.02. The third-order valence-electron chi connectivity index (χ3n) is 5.02. The predicted octanol–water partition coefficient (Wildman–Crippen LogP) is 4.96. The van der Waals surface area contributed by atoms with Gasteiger partial charge in [0.2, 0.25) is 5.91 Å². The number of nitrogens with one attached hydrogen (secondary N) is 1. The van der Waals surface area contributed by atoms with Gasteiger partial charge in [0.15, 0.2) is 0 Å². The number of imidazole rings is 1. The highest BCUT2D eigenvalue weighted by Gasteiger charge is 2.25. The minimum Gasteiger partial charge on any atom is -0.491 e. The van der Waals surface area contributed by atoms with E-state index in [-0.39, 0.29) is 11.9 Å². The smallest absolute Gasteiger partial charge is 0.225 e. The Balaban J connectivity index is 1.83. The molecule has 0 aliphatic carbocycles. The van der Waals surface area contributed by atoms with E-state index in [0.717, 1.165) is 28.2 Å². The molecule has 0 radical (unpaired) electrons. The van der Waals surface area contributed by atoms with Crippen LogP contribution in [0.25, 0.3) is 11.0 Å². The second kappa shape index (κ2) is 8.27. The molecule has 0 spiro atoms. The van der Waals surface area contributed by atoms with Gasteiger partial charge in [-0.15, -0.1) is 0 Å². The van der Waals surface area contributed by atoms with Gasteiger partial charge in [-0.2, -0.15) is 0 Å². The zero-order valence-corrected chi connectivity index (χ0v) is 18.2. The Kier molecular flexibility index (Phi) is 5.96. The first-order chi connectivity index (χ1) is 13.7. The van der Waals surface area contributed by atoms with Crippen molar-refractivity contribution in [3.63, 3.8) is 0 Å². The lowest BCUT2D eigenvalue weighted by atomic mass is 9.95. The molecule has 5 heteroatoms. The fourth-order valence-electron chi connectivity index (χ4n) is 3.25. The number of amides is 1. The summed E-state index contributed by atoms with van der Waals surface area (Å²) in [5.41, 5.74) is 3.82. The first kappa shape index (κ1) is 20.9. The second-order valence-electron chi connectivity index (χ2n) is 8.67. The third-order valence-corrected chi connectivity index (χ3v) is 5.02. The third kappa shape index (κ3) is 4.78. The van der Waals surface area contributed by atoms with Crippen LogP contribution in [-0.2, 0) is 11.3 Å². The lowest BCUT2D eigenvalue weighted by Crippen LogP contribution is -2.37. The molecule has 1 aromatic heterocycles. The van der Waals surface area contributed by atoms with E-state index in [1.54, 1.807) is 0 Å². The molecule has 0 saturated heterocycles. The zero-order chi connectivity index (χ0) is 21.2. The molecule has 0 saturated carbocycles. The first-order valence-corrected chi connectivity index (χ1v) is 10.1. The van der Waals surface area contributed by atoms with Gasteiger partial charge in [0.25, 0.3) is 0 Å². The fraction of sp³-hybridized carbons (Fsp3) is 0.417. The molecule has 1 N–H and O–H groups in total. The normalized spacial score (nSPS) is 12.8. The summed E-state index contributed by atoms with van der Waals surface area (Å²) in [6.45, 7) is 13.0. The van der Waals surface area contributed by atoms with Crippen LogP contribution < -0.4 is 10.1 Å². The van der Waals surface area contributed by atoms with E-state index >= 15 is 0 Å². The molecule has 3 aromatic rings. The Bertz CT molecular complexity index is 1010. The summed E-state index contributed by atoms with van der Waals surface area (Å²) < 4.78 is 8.22. The average molecular weight is 394 g/mol. The Labute approximate surface area is 173 Å². The molecule has 1 amide bonds. The summed E-state index contributed by atoms with van der Waals surface area (Å²) in [5.74, 6) is 1.76. The van der Waals surface area contributed by atoms with Crippen molar-refractivity contribution in [2.45, 2.75) is 54.1 Å². The number of hydrogen-bond donors (Lipinski definition) is 1. The second-order valence-corrected chi connectivity index (χ2v) is 8.67. The quantitative estimate of drug-likeness (QED) is 0.644. The summed E-state index contributed by atoms with van der Waals surface area (Å²) in [6, 6.07) is 14.1. The summed E-state index contributed by atoms with van der Waals surface area (Å²) >= 11 is 0. The lowest BCUT2D eigenvalue weighted by Gasteiger charge is -2.22. The molecule has 1 unspecified atom stereocenters. The van der Waals surface area contributed by atoms with E-state index in [2.05, 4.69) is 48.0 Å². The molecule has 0 aliphatic heterocycles. The number of para-hydroxylation sites is 2. The van der Waals surface area contributed by atoms with Crippen molar-refractivity contribution in [2.24, 2.45) is 5.41 Å². The Morgan fingerprint density at radius 3 is 2.62 bits per heavy atom. The van der Waals surface area contributed by atoms with Crippen LogP contribution in [-0.4, -0.2) is 22.1 Å². The van der Waals surface area contributed by atoms with E-state index in [9.17, 15) is 4.79 Å². The molecule has 0 fully saturated rings. The number of ether oxygens (including phenoxy) is 1. The molecule has 0 aliphatic rings. The van der Waals surface area contributed by atoms with Crippen LogP contribution in [0.1, 0.15) is 50.7 Å². The molecule has 0 bridgehead atoms. The highest BCUT2D eigenvalue weighted by Crippen LogP contribution is 2.24. The van der Waals surface area contributed by atoms with E-state index in [0.29, 0.717) is 13.2 Å². The van der Waals surface area contributed by atoms with Crippen LogP contribution in [0.5, 0.6) is 5.75 Å². The van der Waals surface area contributed by atoms with Gasteiger partial charge >= 0.3 is 0 Å². The molecule has 1 atom stereocenters. The van der Waals surface area contributed by atoms with Crippen molar-refractivity contribution in [3.8, 4) is 5.75 Å². The zero-order valence-electron chi connectivity index (χ0n) is 18.2. The van der Waals surface area contributed by atoms with Crippen LogP contribution in [0.2, 0.25) is 0 Å². The SMILES string of the molecule is Cc1ccc(C)c(OCCn2c(C(C)NC(=O)C(C)(C)C)nc3ccccc32)c1. The van der Waals surface area contributed by atoms with Crippen LogP contribution in [0.4, 0.5) is 0 Å².